The summed E-state index contributed by atoms with van der Waals surface area (Å²) < 4.78 is 13.9. The summed E-state index contributed by atoms with van der Waals surface area (Å²) in [5.74, 6) is 0. The number of hydrogen-bond acceptors (Lipinski definition) is 3. The largest absolute Gasteiger partial charge is 0.338 e. The van der Waals surface area contributed by atoms with Crippen LogP contribution in [0.1, 0.15) is 23.8 Å². The molecule has 1 atom stereocenters. The first-order chi connectivity index (χ1) is 14.4. The van der Waals surface area contributed by atoms with Gasteiger partial charge in [0.05, 0.1) is 17.0 Å². The van der Waals surface area contributed by atoms with Gasteiger partial charge in [0.15, 0.2) is 6.20 Å². The topological polar surface area (TPSA) is 98.1 Å². The van der Waals surface area contributed by atoms with Crippen molar-refractivity contribution in [2.24, 2.45) is 0 Å². The van der Waals surface area contributed by atoms with Gasteiger partial charge in [-0.2, -0.15) is 9.83 Å². The Labute approximate surface area is 173 Å². The van der Waals surface area contributed by atoms with E-state index in [1.807, 2.05) is 54.7 Å². The summed E-state index contributed by atoms with van der Waals surface area (Å²) in [5.41, 5.74) is 2.50. The van der Waals surface area contributed by atoms with Crippen LogP contribution >= 0.6 is 7.60 Å². The van der Waals surface area contributed by atoms with Crippen LogP contribution in [0, 0.1) is 11.3 Å². The van der Waals surface area contributed by atoms with Gasteiger partial charge in [-0.1, -0.05) is 18.2 Å². The van der Waals surface area contributed by atoms with E-state index in [9.17, 15) is 19.6 Å². The third-order valence-electron chi connectivity index (χ3n) is 5.21. The zero-order valence-electron chi connectivity index (χ0n) is 16.2. The Bertz CT molecular complexity index is 1330. The standard InChI is InChI=1S/C23H18N3O3P/c1-16(30(27,28)29)23-14-18(17-8-11-25-12-9-17)10-13-26(23)22-7-6-19(15-24)20-4-2-3-5-21(20)22/h2-14,16H,1H3,(H-,27,28,29)/p+1. The number of benzene rings is 2. The number of aromatic nitrogens is 2. The predicted octanol–water partition coefficient (Wildman–Crippen LogP) is 4.29. The molecule has 4 aromatic rings. The van der Waals surface area contributed by atoms with Gasteiger partial charge in [-0.15, -0.1) is 0 Å². The van der Waals surface area contributed by atoms with E-state index in [0.717, 1.165) is 27.6 Å². The van der Waals surface area contributed by atoms with Gasteiger partial charge >= 0.3 is 7.60 Å². The highest BCUT2D eigenvalue weighted by molar-refractivity contribution is 7.52. The third-order valence-corrected chi connectivity index (χ3v) is 6.49. The van der Waals surface area contributed by atoms with E-state index in [-0.39, 0.29) is 0 Å². The number of fused-ring (bicyclic) bond motifs is 1. The summed E-state index contributed by atoms with van der Waals surface area (Å²) in [7, 11) is -4.40. The quantitative estimate of drug-likeness (QED) is 0.382. The summed E-state index contributed by atoms with van der Waals surface area (Å²) in [4.78, 5) is 23.9. The number of nitriles is 1. The van der Waals surface area contributed by atoms with Crippen LogP contribution in [0.4, 0.5) is 0 Å². The lowest BCUT2D eigenvalue weighted by Gasteiger charge is -2.15. The molecule has 7 heteroatoms. The molecule has 0 aliphatic carbocycles. The first kappa shape index (κ1) is 19.9. The molecule has 0 bridgehead atoms. The number of nitrogens with zero attached hydrogens (tertiary/aromatic N) is 3. The van der Waals surface area contributed by atoms with Crippen LogP contribution in [0.25, 0.3) is 27.6 Å². The highest BCUT2D eigenvalue weighted by atomic mass is 31.2. The molecule has 148 valence electrons. The first-order valence-corrected chi connectivity index (χ1v) is 11.0. The van der Waals surface area contributed by atoms with Crippen LogP contribution in [-0.2, 0) is 4.57 Å². The lowest BCUT2D eigenvalue weighted by Crippen LogP contribution is -2.36. The van der Waals surface area contributed by atoms with Gasteiger partial charge in [0, 0.05) is 36.0 Å². The van der Waals surface area contributed by atoms with Crippen LogP contribution in [0.3, 0.4) is 0 Å². The summed E-state index contributed by atoms with van der Waals surface area (Å²) in [6.45, 7) is 1.52. The Morgan fingerprint density at radius 2 is 1.70 bits per heavy atom. The predicted molar refractivity (Wildman–Crippen MR) is 114 cm³/mol. The molecule has 0 saturated heterocycles. The van der Waals surface area contributed by atoms with E-state index in [1.165, 1.54) is 6.92 Å². The fraction of sp³-hybridized carbons (Fsp3) is 0.0870. The molecule has 0 aliphatic heterocycles. The maximum Gasteiger partial charge on any atom is 0.338 e. The molecule has 30 heavy (non-hydrogen) atoms. The second-order valence-electron chi connectivity index (χ2n) is 7.00. The molecule has 1 unspecified atom stereocenters. The van der Waals surface area contributed by atoms with E-state index >= 15 is 0 Å². The summed E-state index contributed by atoms with van der Waals surface area (Å²) in [6.07, 6.45) is 5.16. The van der Waals surface area contributed by atoms with Gasteiger partial charge < -0.3 is 9.79 Å². The van der Waals surface area contributed by atoms with Crippen molar-refractivity contribution in [3.8, 4) is 22.9 Å². The number of rotatable bonds is 4. The molecular formula is C23H19N3O3P+. The average molecular weight is 416 g/mol. The van der Waals surface area contributed by atoms with Crippen molar-refractivity contribution in [2.75, 3.05) is 0 Å². The van der Waals surface area contributed by atoms with Gasteiger partial charge in [-0.25, -0.2) is 0 Å². The number of pyridine rings is 2. The van der Waals surface area contributed by atoms with Crippen molar-refractivity contribution in [3.63, 3.8) is 0 Å². The van der Waals surface area contributed by atoms with Gasteiger partial charge in [-0.3, -0.25) is 9.55 Å². The maximum absolute atomic E-state index is 12.2. The smallest absolute Gasteiger partial charge is 0.324 e. The molecule has 6 nitrogen and oxygen atoms in total. The van der Waals surface area contributed by atoms with Crippen molar-refractivity contribution < 1.29 is 18.9 Å². The molecule has 0 amide bonds. The van der Waals surface area contributed by atoms with Crippen LogP contribution in [0.15, 0.2) is 79.3 Å². The minimum atomic E-state index is -4.40. The molecule has 2 heterocycles. The first-order valence-electron chi connectivity index (χ1n) is 9.33. The summed E-state index contributed by atoms with van der Waals surface area (Å²) in [5, 5.41) is 11.1. The second-order valence-corrected chi connectivity index (χ2v) is 8.95. The van der Waals surface area contributed by atoms with Gasteiger partial charge in [0.1, 0.15) is 5.66 Å². The monoisotopic (exact) mass is 416 g/mol. The van der Waals surface area contributed by atoms with Gasteiger partial charge in [0.25, 0.3) is 0 Å². The Balaban J connectivity index is 2.00. The molecule has 0 saturated carbocycles. The molecule has 2 aromatic carbocycles. The molecule has 2 aromatic heterocycles. The van der Waals surface area contributed by atoms with E-state index in [4.69, 9.17) is 0 Å². The molecule has 0 fully saturated rings. The zero-order chi connectivity index (χ0) is 21.3. The minimum Gasteiger partial charge on any atom is -0.324 e. The highest BCUT2D eigenvalue weighted by Gasteiger charge is 2.34. The third kappa shape index (κ3) is 3.62. The van der Waals surface area contributed by atoms with Crippen molar-refractivity contribution >= 4 is 18.4 Å². The normalized spacial score (nSPS) is 12.5. The van der Waals surface area contributed by atoms with Crippen LogP contribution < -0.4 is 4.57 Å². The lowest BCUT2D eigenvalue weighted by molar-refractivity contribution is -0.603. The fourth-order valence-corrected chi connectivity index (χ4v) is 4.09. The van der Waals surface area contributed by atoms with Crippen LogP contribution in [0.5, 0.6) is 0 Å². The average Bonchev–Trinajstić information content (AvgIpc) is 2.77. The van der Waals surface area contributed by atoms with E-state index < -0.39 is 13.3 Å². The molecule has 0 spiro atoms. The van der Waals surface area contributed by atoms with Crippen molar-refractivity contribution in [3.05, 3.63) is 90.5 Å². The van der Waals surface area contributed by atoms with Crippen molar-refractivity contribution in [1.29, 1.82) is 5.26 Å². The van der Waals surface area contributed by atoms with Crippen molar-refractivity contribution in [2.45, 2.75) is 12.6 Å². The summed E-state index contributed by atoms with van der Waals surface area (Å²) >= 11 is 0. The highest BCUT2D eigenvalue weighted by Crippen LogP contribution is 2.51. The molecule has 0 radical (unpaired) electrons. The SMILES string of the molecule is CC(c1cc(-c2ccncc2)cc[n+]1-c1ccc(C#N)c2ccccc12)P(=O)(O)O. The Morgan fingerprint density at radius 1 is 1.00 bits per heavy atom. The molecule has 0 aliphatic rings. The fourth-order valence-electron chi connectivity index (χ4n) is 3.55. The number of hydrogen-bond donors (Lipinski definition) is 2. The maximum atomic E-state index is 12.2. The van der Waals surface area contributed by atoms with Gasteiger partial charge in [0.2, 0.25) is 11.4 Å². The molecule has 4 rings (SSSR count). The Morgan fingerprint density at radius 3 is 2.37 bits per heavy atom. The Kier molecular flexibility index (Phi) is 5.19. The van der Waals surface area contributed by atoms with Gasteiger partial charge in [-0.05, 0) is 42.3 Å². The molecular weight excluding hydrogens is 397 g/mol. The minimum absolute atomic E-state index is 0.479. The van der Waals surface area contributed by atoms with Crippen LogP contribution in [0.2, 0.25) is 0 Å². The van der Waals surface area contributed by atoms with E-state index in [2.05, 4.69) is 11.1 Å². The van der Waals surface area contributed by atoms with E-state index in [1.54, 1.807) is 29.1 Å². The van der Waals surface area contributed by atoms with E-state index in [0.29, 0.717) is 11.3 Å². The van der Waals surface area contributed by atoms with Crippen LogP contribution in [-0.4, -0.2) is 14.8 Å². The molecule has 2 N–H and O–H groups in total. The summed E-state index contributed by atoms with van der Waals surface area (Å²) in [6, 6.07) is 20.7. The Hall–Kier alpha value is -3.36. The zero-order valence-corrected chi connectivity index (χ0v) is 17.1. The second kappa shape index (κ2) is 7.81. The lowest BCUT2D eigenvalue weighted by atomic mass is 10.0. The van der Waals surface area contributed by atoms with Crippen molar-refractivity contribution in [1.82, 2.24) is 4.98 Å².